The van der Waals surface area contributed by atoms with Crippen molar-refractivity contribution in [3.8, 4) is 0 Å². The standard InChI is InChI=1S/C18H24FN5O2S2/c1-22-17(13-2-3-13)20-24(18(22)27)12-23-10-8-15(9-11-23)21-28(25,26)16-6-4-14(19)5-7-16/h4-7,13,15,21H,2-3,8-12H2,1H3. The van der Waals surface area contributed by atoms with Gasteiger partial charge >= 0.3 is 0 Å². The average Bonchev–Trinajstić information content (AvgIpc) is 3.46. The minimum absolute atomic E-state index is 0.0868. The molecule has 2 aromatic rings. The first-order chi connectivity index (χ1) is 13.3. The zero-order valence-electron chi connectivity index (χ0n) is 15.7. The quantitative estimate of drug-likeness (QED) is 0.720. The van der Waals surface area contributed by atoms with Crippen molar-refractivity contribution < 1.29 is 12.8 Å². The van der Waals surface area contributed by atoms with E-state index in [-0.39, 0.29) is 10.9 Å². The highest BCUT2D eigenvalue weighted by molar-refractivity contribution is 7.89. The highest BCUT2D eigenvalue weighted by Crippen LogP contribution is 2.38. The molecule has 1 N–H and O–H groups in total. The fraction of sp³-hybridized carbons (Fsp3) is 0.556. The normalized spacial score (nSPS) is 19.2. The molecule has 0 unspecified atom stereocenters. The topological polar surface area (TPSA) is 72.2 Å². The maximum atomic E-state index is 13.0. The molecule has 0 atom stereocenters. The van der Waals surface area contributed by atoms with E-state index in [1.165, 1.54) is 25.0 Å². The minimum atomic E-state index is -3.64. The fourth-order valence-corrected chi connectivity index (χ4v) is 5.07. The number of nitrogens with one attached hydrogen (secondary N) is 1. The third kappa shape index (κ3) is 4.19. The minimum Gasteiger partial charge on any atom is -0.307 e. The summed E-state index contributed by atoms with van der Waals surface area (Å²) in [5, 5.41) is 4.68. The molecule has 0 amide bonds. The number of benzene rings is 1. The van der Waals surface area contributed by atoms with Crippen molar-refractivity contribution in [3.63, 3.8) is 0 Å². The summed E-state index contributed by atoms with van der Waals surface area (Å²) in [6.45, 7) is 2.14. The number of nitrogens with zero attached hydrogens (tertiary/aromatic N) is 4. The van der Waals surface area contributed by atoms with Gasteiger partial charge in [0.05, 0.1) is 11.6 Å². The monoisotopic (exact) mass is 425 g/mol. The van der Waals surface area contributed by atoms with Gasteiger partial charge in [0.25, 0.3) is 0 Å². The van der Waals surface area contributed by atoms with Crippen LogP contribution in [0.15, 0.2) is 29.2 Å². The number of aromatic nitrogens is 3. The van der Waals surface area contributed by atoms with E-state index in [9.17, 15) is 12.8 Å². The molecule has 2 heterocycles. The highest BCUT2D eigenvalue weighted by Gasteiger charge is 2.30. The third-order valence-corrected chi connectivity index (χ3v) is 7.41. The van der Waals surface area contributed by atoms with Gasteiger partial charge in [-0.2, -0.15) is 5.10 Å². The maximum Gasteiger partial charge on any atom is 0.240 e. The number of hydrogen-bond donors (Lipinski definition) is 1. The Kier molecular flexibility index (Phi) is 5.38. The summed E-state index contributed by atoms with van der Waals surface area (Å²) in [5.74, 6) is 1.15. The van der Waals surface area contributed by atoms with E-state index < -0.39 is 15.8 Å². The van der Waals surface area contributed by atoms with E-state index in [1.54, 1.807) is 0 Å². The van der Waals surface area contributed by atoms with Crippen molar-refractivity contribution in [2.45, 2.75) is 49.2 Å². The van der Waals surface area contributed by atoms with Gasteiger partial charge in [0.15, 0.2) is 4.77 Å². The summed E-state index contributed by atoms with van der Waals surface area (Å²) in [6.07, 6.45) is 3.77. The Morgan fingerprint density at radius 3 is 2.43 bits per heavy atom. The van der Waals surface area contributed by atoms with Crippen molar-refractivity contribution in [2.24, 2.45) is 7.05 Å². The molecule has 4 rings (SSSR count). The Balaban J connectivity index is 1.34. The zero-order valence-corrected chi connectivity index (χ0v) is 17.3. The van der Waals surface area contributed by atoms with Crippen LogP contribution in [0, 0.1) is 10.6 Å². The molecule has 7 nitrogen and oxygen atoms in total. The molecule has 1 aromatic carbocycles. The summed E-state index contributed by atoms with van der Waals surface area (Å²) >= 11 is 5.51. The summed E-state index contributed by atoms with van der Waals surface area (Å²) in [4.78, 5) is 2.33. The van der Waals surface area contributed by atoms with Gasteiger partial charge in [0.2, 0.25) is 10.0 Å². The predicted octanol–water partition coefficient (Wildman–Crippen LogP) is 2.37. The van der Waals surface area contributed by atoms with Gasteiger partial charge in [-0.15, -0.1) is 0 Å². The van der Waals surface area contributed by atoms with Crippen molar-refractivity contribution in [3.05, 3.63) is 40.7 Å². The summed E-state index contributed by atoms with van der Waals surface area (Å²) in [6, 6.07) is 4.75. The summed E-state index contributed by atoms with van der Waals surface area (Å²) < 4.78 is 45.3. The average molecular weight is 426 g/mol. The van der Waals surface area contributed by atoms with Crippen LogP contribution in [0.5, 0.6) is 0 Å². The van der Waals surface area contributed by atoms with Crippen LogP contribution in [0.2, 0.25) is 0 Å². The van der Waals surface area contributed by atoms with Crippen molar-refractivity contribution in [1.82, 2.24) is 24.0 Å². The van der Waals surface area contributed by atoms with Gasteiger partial charge in [-0.05, 0) is 62.2 Å². The second-order valence-electron chi connectivity index (χ2n) is 7.58. The van der Waals surface area contributed by atoms with Crippen LogP contribution in [0.3, 0.4) is 0 Å². The van der Waals surface area contributed by atoms with E-state index in [0.717, 1.165) is 35.8 Å². The Hall–Kier alpha value is -1.62. The van der Waals surface area contributed by atoms with Gasteiger partial charge in [-0.1, -0.05) is 0 Å². The van der Waals surface area contributed by atoms with Gasteiger partial charge < -0.3 is 4.57 Å². The Morgan fingerprint density at radius 1 is 1.18 bits per heavy atom. The third-order valence-electron chi connectivity index (χ3n) is 5.38. The molecule has 1 aliphatic heterocycles. The lowest BCUT2D eigenvalue weighted by Crippen LogP contribution is -2.45. The number of piperidine rings is 1. The number of rotatable bonds is 6. The molecule has 0 radical (unpaired) electrons. The molecule has 0 bridgehead atoms. The van der Waals surface area contributed by atoms with E-state index >= 15 is 0 Å². The first-order valence-corrected chi connectivity index (χ1v) is 11.4. The predicted molar refractivity (Wildman–Crippen MR) is 105 cm³/mol. The van der Waals surface area contributed by atoms with Crippen LogP contribution >= 0.6 is 12.2 Å². The molecule has 1 aromatic heterocycles. The Morgan fingerprint density at radius 2 is 1.82 bits per heavy atom. The number of hydrogen-bond acceptors (Lipinski definition) is 5. The Labute approximate surface area is 169 Å². The molecule has 10 heteroatoms. The second-order valence-corrected chi connectivity index (χ2v) is 9.66. The molecule has 152 valence electrons. The van der Waals surface area contributed by atoms with Crippen LogP contribution in [0.25, 0.3) is 0 Å². The molecule has 0 spiro atoms. The van der Waals surface area contributed by atoms with Crippen LogP contribution in [0.4, 0.5) is 4.39 Å². The molecular weight excluding hydrogens is 401 g/mol. The van der Waals surface area contributed by atoms with Gasteiger partial charge in [-0.25, -0.2) is 22.2 Å². The van der Waals surface area contributed by atoms with Crippen LogP contribution < -0.4 is 4.72 Å². The Bertz CT molecular complexity index is 1000. The summed E-state index contributed by atoms with van der Waals surface area (Å²) in [5.41, 5.74) is 0. The number of sulfonamides is 1. The van der Waals surface area contributed by atoms with Gasteiger partial charge in [0, 0.05) is 32.1 Å². The van der Waals surface area contributed by atoms with Gasteiger partial charge in [-0.3, -0.25) is 4.90 Å². The van der Waals surface area contributed by atoms with Crippen LogP contribution in [-0.2, 0) is 23.7 Å². The number of likely N-dealkylation sites (tertiary alicyclic amines) is 1. The van der Waals surface area contributed by atoms with Crippen molar-refractivity contribution in [1.29, 1.82) is 0 Å². The molecule has 2 fully saturated rings. The van der Waals surface area contributed by atoms with Crippen LogP contribution in [-0.4, -0.2) is 46.8 Å². The smallest absolute Gasteiger partial charge is 0.240 e. The van der Waals surface area contributed by atoms with Gasteiger partial charge in [0.1, 0.15) is 11.6 Å². The van der Waals surface area contributed by atoms with E-state index in [0.29, 0.717) is 25.4 Å². The SMILES string of the molecule is Cn1c(C2CC2)nn(CN2CCC(NS(=O)(=O)c3ccc(F)cc3)CC2)c1=S. The largest absolute Gasteiger partial charge is 0.307 e. The lowest BCUT2D eigenvalue weighted by molar-refractivity contribution is 0.157. The van der Waals surface area contributed by atoms with Crippen LogP contribution in [0.1, 0.15) is 37.4 Å². The molecular formula is C18H24FN5O2S2. The highest BCUT2D eigenvalue weighted by atomic mass is 32.2. The number of halogens is 1. The molecule has 1 aliphatic carbocycles. The first kappa shape index (κ1) is 19.7. The maximum absolute atomic E-state index is 13.0. The first-order valence-electron chi connectivity index (χ1n) is 9.47. The molecule has 28 heavy (non-hydrogen) atoms. The lowest BCUT2D eigenvalue weighted by Gasteiger charge is -2.31. The zero-order chi connectivity index (χ0) is 19.9. The molecule has 1 saturated carbocycles. The second kappa shape index (κ2) is 7.66. The van der Waals surface area contributed by atoms with E-state index in [2.05, 4.69) is 14.7 Å². The lowest BCUT2D eigenvalue weighted by atomic mass is 10.1. The fourth-order valence-electron chi connectivity index (χ4n) is 3.58. The van der Waals surface area contributed by atoms with Crippen molar-refractivity contribution >= 4 is 22.2 Å². The summed E-state index contributed by atoms with van der Waals surface area (Å²) in [7, 11) is -1.67. The van der Waals surface area contributed by atoms with E-state index in [4.69, 9.17) is 12.2 Å². The molecule has 2 aliphatic rings. The van der Waals surface area contributed by atoms with Crippen molar-refractivity contribution in [2.75, 3.05) is 13.1 Å². The molecule has 1 saturated heterocycles. The van der Waals surface area contributed by atoms with E-state index in [1.807, 2.05) is 16.3 Å².